The van der Waals surface area contributed by atoms with E-state index in [2.05, 4.69) is 26.2 Å². The number of amides is 1. The number of carbonyl (C=O) groups is 1. The SMILES string of the molecule is CC(C)(C)n1nc([C@H]2CC[C@@H](OC(=O)N3CCCCN3)C2)cc1N. The van der Waals surface area contributed by atoms with E-state index >= 15 is 0 Å². The van der Waals surface area contributed by atoms with Crippen LogP contribution in [0.25, 0.3) is 0 Å². The number of anilines is 1. The quantitative estimate of drug-likeness (QED) is 0.867. The Balaban J connectivity index is 1.58. The van der Waals surface area contributed by atoms with Gasteiger partial charge in [0.1, 0.15) is 11.9 Å². The third kappa shape index (κ3) is 3.66. The highest BCUT2D eigenvalue weighted by atomic mass is 16.6. The van der Waals surface area contributed by atoms with Crippen molar-refractivity contribution in [2.75, 3.05) is 18.8 Å². The van der Waals surface area contributed by atoms with Crippen LogP contribution < -0.4 is 11.2 Å². The minimum atomic E-state index is -0.250. The molecule has 1 aromatic heterocycles. The summed E-state index contributed by atoms with van der Waals surface area (Å²) in [5, 5.41) is 6.30. The topological polar surface area (TPSA) is 85.4 Å². The number of aromatic nitrogens is 2. The number of carbonyl (C=O) groups excluding carboxylic acids is 1. The first-order chi connectivity index (χ1) is 11.3. The predicted molar refractivity (Wildman–Crippen MR) is 92.4 cm³/mol. The molecular formula is C17H29N5O2. The lowest BCUT2D eigenvalue weighted by Crippen LogP contribution is -2.48. The molecule has 0 bridgehead atoms. The zero-order valence-electron chi connectivity index (χ0n) is 14.9. The van der Waals surface area contributed by atoms with E-state index in [9.17, 15) is 4.79 Å². The molecule has 0 spiro atoms. The van der Waals surface area contributed by atoms with Crippen LogP contribution in [0.3, 0.4) is 0 Å². The maximum Gasteiger partial charge on any atom is 0.424 e. The Labute approximate surface area is 143 Å². The Bertz CT molecular complexity index is 586. The monoisotopic (exact) mass is 335 g/mol. The van der Waals surface area contributed by atoms with Crippen molar-refractivity contribution in [2.24, 2.45) is 0 Å². The Kier molecular flexibility index (Phi) is 4.71. The van der Waals surface area contributed by atoms with Crippen LogP contribution in [0.1, 0.15) is 64.5 Å². The average molecular weight is 335 g/mol. The fourth-order valence-electron chi connectivity index (χ4n) is 3.52. The molecule has 1 saturated carbocycles. The Morgan fingerprint density at radius 1 is 1.38 bits per heavy atom. The third-order valence-corrected chi connectivity index (χ3v) is 4.79. The van der Waals surface area contributed by atoms with Crippen molar-refractivity contribution in [3.05, 3.63) is 11.8 Å². The molecule has 7 heteroatoms. The van der Waals surface area contributed by atoms with Gasteiger partial charge in [0.25, 0.3) is 0 Å². The number of nitrogen functional groups attached to an aromatic ring is 1. The summed E-state index contributed by atoms with van der Waals surface area (Å²) in [6, 6.07) is 1.96. The summed E-state index contributed by atoms with van der Waals surface area (Å²) >= 11 is 0. The minimum absolute atomic E-state index is 0.0350. The predicted octanol–water partition coefficient (Wildman–Crippen LogP) is 2.59. The molecule has 1 aliphatic carbocycles. The van der Waals surface area contributed by atoms with Crippen molar-refractivity contribution in [3.63, 3.8) is 0 Å². The molecule has 3 N–H and O–H groups in total. The molecule has 3 rings (SSSR count). The molecule has 1 amide bonds. The molecule has 2 heterocycles. The maximum atomic E-state index is 12.2. The number of ether oxygens (including phenoxy) is 1. The van der Waals surface area contributed by atoms with Gasteiger partial charge in [-0.15, -0.1) is 0 Å². The van der Waals surface area contributed by atoms with Gasteiger partial charge in [0, 0.05) is 25.1 Å². The van der Waals surface area contributed by atoms with Crippen molar-refractivity contribution in [1.29, 1.82) is 0 Å². The molecule has 2 aliphatic rings. The summed E-state index contributed by atoms with van der Waals surface area (Å²) in [6.07, 6.45) is 4.53. The van der Waals surface area contributed by atoms with Crippen LogP contribution in [0.5, 0.6) is 0 Å². The zero-order chi connectivity index (χ0) is 17.3. The number of nitrogens with zero attached hydrogens (tertiary/aromatic N) is 3. The summed E-state index contributed by atoms with van der Waals surface area (Å²) in [6.45, 7) is 7.83. The van der Waals surface area contributed by atoms with Crippen molar-refractivity contribution >= 4 is 11.9 Å². The van der Waals surface area contributed by atoms with Gasteiger partial charge in [-0.1, -0.05) is 0 Å². The number of hydrogen-bond acceptors (Lipinski definition) is 5. The van der Waals surface area contributed by atoms with Crippen molar-refractivity contribution in [3.8, 4) is 0 Å². The summed E-state index contributed by atoms with van der Waals surface area (Å²) < 4.78 is 7.54. The summed E-state index contributed by atoms with van der Waals surface area (Å²) in [7, 11) is 0. The standard InChI is InChI=1S/C17H29N5O2/c1-17(2,3)22-15(18)11-14(20-22)12-6-7-13(10-12)24-16(23)21-9-5-4-8-19-21/h11-13,19H,4-10,18H2,1-3H3/t12-,13+/m0/s1. The Morgan fingerprint density at radius 3 is 2.79 bits per heavy atom. The van der Waals surface area contributed by atoms with Gasteiger partial charge in [-0.25, -0.2) is 19.9 Å². The lowest BCUT2D eigenvalue weighted by Gasteiger charge is -2.28. The first-order valence-electron chi connectivity index (χ1n) is 8.92. The molecule has 1 aromatic rings. The van der Waals surface area contributed by atoms with Gasteiger partial charge in [-0.2, -0.15) is 5.10 Å². The number of nitrogens with two attached hydrogens (primary N) is 1. The highest BCUT2D eigenvalue weighted by Gasteiger charge is 2.32. The van der Waals surface area contributed by atoms with Crippen LogP contribution >= 0.6 is 0 Å². The molecule has 0 aromatic carbocycles. The second-order valence-corrected chi connectivity index (χ2v) is 7.86. The van der Waals surface area contributed by atoms with E-state index in [0.717, 1.165) is 50.9 Å². The first kappa shape index (κ1) is 17.1. The van der Waals surface area contributed by atoms with E-state index < -0.39 is 0 Å². The van der Waals surface area contributed by atoms with Crippen LogP contribution in [0, 0.1) is 0 Å². The van der Waals surface area contributed by atoms with Gasteiger partial charge in [0.2, 0.25) is 0 Å². The van der Waals surface area contributed by atoms with Gasteiger partial charge >= 0.3 is 6.09 Å². The molecule has 7 nitrogen and oxygen atoms in total. The first-order valence-corrected chi connectivity index (χ1v) is 8.92. The highest BCUT2D eigenvalue weighted by Crippen LogP contribution is 2.37. The van der Waals surface area contributed by atoms with E-state index in [-0.39, 0.29) is 17.7 Å². The lowest BCUT2D eigenvalue weighted by atomic mass is 10.0. The fraction of sp³-hybridized carbons (Fsp3) is 0.765. The maximum absolute atomic E-state index is 12.2. The zero-order valence-corrected chi connectivity index (χ0v) is 14.9. The molecule has 24 heavy (non-hydrogen) atoms. The van der Waals surface area contributed by atoms with Gasteiger partial charge in [-0.3, -0.25) is 0 Å². The van der Waals surface area contributed by atoms with Crippen LogP contribution in [-0.4, -0.2) is 40.1 Å². The smallest absolute Gasteiger partial charge is 0.424 e. The largest absolute Gasteiger partial charge is 0.445 e. The van der Waals surface area contributed by atoms with E-state index in [1.165, 1.54) is 0 Å². The summed E-state index contributed by atoms with van der Waals surface area (Å²) in [5.41, 5.74) is 10.1. The van der Waals surface area contributed by atoms with Crippen LogP contribution in [0.15, 0.2) is 6.07 Å². The molecular weight excluding hydrogens is 306 g/mol. The number of hydrazine groups is 1. The number of hydrogen-bond donors (Lipinski definition) is 2. The van der Waals surface area contributed by atoms with Crippen LogP contribution in [0.4, 0.5) is 10.6 Å². The summed E-state index contributed by atoms with van der Waals surface area (Å²) in [4.78, 5) is 12.2. The van der Waals surface area contributed by atoms with Crippen molar-refractivity contribution < 1.29 is 9.53 Å². The Hall–Kier alpha value is -1.76. The molecule has 1 saturated heterocycles. The van der Waals surface area contributed by atoms with Crippen molar-refractivity contribution in [2.45, 2.75) is 70.4 Å². The second-order valence-electron chi connectivity index (χ2n) is 7.86. The second kappa shape index (κ2) is 6.63. The number of nitrogens with one attached hydrogen (secondary N) is 1. The van der Waals surface area contributed by atoms with E-state index in [1.807, 2.05) is 10.7 Å². The van der Waals surface area contributed by atoms with E-state index in [4.69, 9.17) is 15.6 Å². The molecule has 1 aliphatic heterocycles. The normalized spacial score (nSPS) is 25.0. The third-order valence-electron chi connectivity index (χ3n) is 4.79. The molecule has 0 radical (unpaired) electrons. The van der Waals surface area contributed by atoms with E-state index in [0.29, 0.717) is 11.7 Å². The number of rotatable bonds is 2. The van der Waals surface area contributed by atoms with Crippen molar-refractivity contribution in [1.82, 2.24) is 20.2 Å². The average Bonchev–Trinajstić information content (AvgIpc) is 3.14. The highest BCUT2D eigenvalue weighted by molar-refractivity contribution is 5.67. The molecule has 0 unspecified atom stereocenters. The minimum Gasteiger partial charge on any atom is -0.445 e. The van der Waals surface area contributed by atoms with Gasteiger partial charge < -0.3 is 10.5 Å². The molecule has 2 atom stereocenters. The van der Waals surface area contributed by atoms with Gasteiger partial charge in [0.05, 0.1) is 11.2 Å². The van der Waals surface area contributed by atoms with Crippen LogP contribution in [-0.2, 0) is 10.3 Å². The van der Waals surface area contributed by atoms with Gasteiger partial charge in [0.15, 0.2) is 0 Å². The van der Waals surface area contributed by atoms with Crippen LogP contribution in [0.2, 0.25) is 0 Å². The Morgan fingerprint density at radius 2 is 2.17 bits per heavy atom. The summed E-state index contributed by atoms with van der Waals surface area (Å²) in [5.74, 6) is 0.999. The lowest BCUT2D eigenvalue weighted by molar-refractivity contribution is 0.0427. The molecule has 2 fully saturated rings. The molecule has 134 valence electrons. The van der Waals surface area contributed by atoms with Gasteiger partial charge in [-0.05, 0) is 52.9 Å². The fourth-order valence-corrected chi connectivity index (χ4v) is 3.52. The van der Waals surface area contributed by atoms with E-state index in [1.54, 1.807) is 5.01 Å².